The zero-order valence-corrected chi connectivity index (χ0v) is 15.5. The number of nitrogens with one attached hydrogen (secondary N) is 1. The topological polar surface area (TPSA) is 69.7 Å². The first-order chi connectivity index (χ1) is 12.6. The molecule has 0 spiro atoms. The number of amides is 1. The highest BCUT2D eigenvalue weighted by atomic mass is 16.5. The molecular weight excluding hydrogens is 332 g/mol. The van der Waals surface area contributed by atoms with E-state index < -0.39 is 6.10 Å². The minimum Gasteiger partial charge on any atom is -0.497 e. The summed E-state index contributed by atoms with van der Waals surface area (Å²) in [4.78, 5) is 16.5. The van der Waals surface area contributed by atoms with Crippen molar-refractivity contribution in [1.82, 2.24) is 10.3 Å². The molecule has 0 aliphatic heterocycles. The fourth-order valence-corrected chi connectivity index (χ4v) is 2.24. The third-order valence-electron chi connectivity index (χ3n) is 3.78. The number of pyridine rings is 1. The molecule has 1 aromatic heterocycles. The highest BCUT2D eigenvalue weighted by Gasteiger charge is 2.15. The summed E-state index contributed by atoms with van der Waals surface area (Å²) in [5.74, 6) is 1.70. The fourth-order valence-electron chi connectivity index (χ4n) is 2.24. The van der Waals surface area contributed by atoms with Crippen LogP contribution in [0.4, 0.5) is 0 Å². The van der Waals surface area contributed by atoms with Crippen LogP contribution >= 0.6 is 0 Å². The lowest BCUT2D eigenvalue weighted by atomic mass is 10.2. The summed E-state index contributed by atoms with van der Waals surface area (Å²) in [6.45, 7) is 4.77. The molecular formula is C20H26N2O4. The van der Waals surface area contributed by atoms with Crippen LogP contribution in [0.25, 0.3) is 0 Å². The van der Waals surface area contributed by atoms with Gasteiger partial charge in [-0.15, -0.1) is 0 Å². The normalized spacial score (nSPS) is 11.5. The number of carbonyl (C=O) groups excluding carboxylic acids is 1. The number of ether oxygens (including phenoxy) is 3. The van der Waals surface area contributed by atoms with Crippen molar-refractivity contribution in [2.45, 2.75) is 39.3 Å². The van der Waals surface area contributed by atoms with Crippen molar-refractivity contribution in [3.05, 3.63) is 48.2 Å². The van der Waals surface area contributed by atoms with Gasteiger partial charge in [0.2, 0.25) is 5.88 Å². The van der Waals surface area contributed by atoms with Crippen molar-refractivity contribution < 1.29 is 19.0 Å². The summed E-state index contributed by atoms with van der Waals surface area (Å²) in [7, 11) is 1.60. The number of aromatic nitrogens is 1. The lowest BCUT2D eigenvalue weighted by Gasteiger charge is -2.16. The summed E-state index contributed by atoms with van der Waals surface area (Å²) in [5.41, 5.74) is 0.841. The Kier molecular flexibility index (Phi) is 7.74. The monoisotopic (exact) mass is 358 g/mol. The SMILES string of the molecule is CCCCOc1ncccc1CNC(=O)C(C)Oc1ccc(OC)cc1. The number of hydrogen-bond acceptors (Lipinski definition) is 5. The van der Waals surface area contributed by atoms with Gasteiger partial charge in [0.05, 0.1) is 13.7 Å². The van der Waals surface area contributed by atoms with E-state index in [1.165, 1.54) is 0 Å². The molecule has 6 heteroatoms. The molecule has 1 unspecified atom stereocenters. The smallest absolute Gasteiger partial charge is 0.261 e. The largest absolute Gasteiger partial charge is 0.497 e. The quantitative estimate of drug-likeness (QED) is 0.660. The summed E-state index contributed by atoms with van der Waals surface area (Å²) >= 11 is 0. The molecule has 140 valence electrons. The first-order valence-corrected chi connectivity index (χ1v) is 8.79. The van der Waals surface area contributed by atoms with Gasteiger partial charge in [-0.25, -0.2) is 4.98 Å². The maximum absolute atomic E-state index is 12.3. The van der Waals surface area contributed by atoms with E-state index in [2.05, 4.69) is 17.2 Å². The van der Waals surface area contributed by atoms with Crippen LogP contribution in [0.5, 0.6) is 17.4 Å². The molecule has 2 rings (SSSR count). The average molecular weight is 358 g/mol. The Morgan fingerprint density at radius 2 is 1.92 bits per heavy atom. The van der Waals surface area contributed by atoms with E-state index in [0.717, 1.165) is 24.2 Å². The molecule has 0 saturated carbocycles. The molecule has 0 saturated heterocycles. The van der Waals surface area contributed by atoms with Gasteiger partial charge in [-0.3, -0.25) is 4.79 Å². The molecule has 1 amide bonds. The van der Waals surface area contributed by atoms with E-state index in [9.17, 15) is 4.79 Å². The van der Waals surface area contributed by atoms with Gasteiger partial charge in [0.25, 0.3) is 5.91 Å². The van der Waals surface area contributed by atoms with Crippen molar-refractivity contribution in [2.75, 3.05) is 13.7 Å². The van der Waals surface area contributed by atoms with E-state index in [-0.39, 0.29) is 5.91 Å². The Bertz CT molecular complexity index is 688. The van der Waals surface area contributed by atoms with Crippen LogP contribution in [0.3, 0.4) is 0 Å². The van der Waals surface area contributed by atoms with E-state index >= 15 is 0 Å². The van der Waals surface area contributed by atoms with E-state index in [1.807, 2.05) is 12.1 Å². The zero-order valence-electron chi connectivity index (χ0n) is 15.5. The van der Waals surface area contributed by atoms with Crippen LogP contribution in [0.1, 0.15) is 32.3 Å². The predicted molar refractivity (Wildman–Crippen MR) is 99.6 cm³/mol. The standard InChI is InChI=1S/C20H26N2O4/c1-4-5-13-25-20-16(7-6-12-21-20)14-22-19(23)15(2)26-18-10-8-17(24-3)9-11-18/h6-12,15H,4-5,13-14H2,1-3H3,(H,22,23). The van der Waals surface area contributed by atoms with Gasteiger partial charge >= 0.3 is 0 Å². The molecule has 1 aromatic carbocycles. The molecule has 0 radical (unpaired) electrons. The molecule has 6 nitrogen and oxygen atoms in total. The third-order valence-corrected chi connectivity index (χ3v) is 3.78. The van der Waals surface area contributed by atoms with Gasteiger partial charge in [0.1, 0.15) is 11.5 Å². The minimum atomic E-state index is -0.621. The first-order valence-electron chi connectivity index (χ1n) is 8.79. The Balaban J connectivity index is 1.87. The van der Waals surface area contributed by atoms with E-state index in [0.29, 0.717) is 24.8 Å². The molecule has 0 aliphatic carbocycles. The number of nitrogens with zero attached hydrogens (tertiary/aromatic N) is 1. The summed E-state index contributed by atoms with van der Waals surface area (Å²) < 4.78 is 16.4. The fraction of sp³-hybridized carbons (Fsp3) is 0.400. The zero-order chi connectivity index (χ0) is 18.8. The number of hydrogen-bond donors (Lipinski definition) is 1. The number of carbonyl (C=O) groups is 1. The van der Waals surface area contributed by atoms with Crippen molar-refractivity contribution >= 4 is 5.91 Å². The molecule has 1 N–H and O–H groups in total. The second-order valence-electron chi connectivity index (χ2n) is 5.82. The number of methoxy groups -OCH3 is 1. The number of benzene rings is 1. The van der Waals surface area contributed by atoms with Crippen molar-refractivity contribution in [2.24, 2.45) is 0 Å². The second-order valence-corrected chi connectivity index (χ2v) is 5.82. The lowest BCUT2D eigenvalue weighted by Crippen LogP contribution is -2.36. The van der Waals surface area contributed by atoms with E-state index in [1.54, 1.807) is 44.5 Å². The Hall–Kier alpha value is -2.76. The number of unbranched alkanes of at least 4 members (excludes halogenated alkanes) is 1. The molecule has 0 fully saturated rings. The molecule has 1 heterocycles. The summed E-state index contributed by atoms with van der Waals surface area (Å²) in [5, 5.41) is 2.86. The average Bonchev–Trinajstić information content (AvgIpc) is 2.67. The molecule has 26 heavy (non-hydrogen) atoms. The van der Waals surface area contributed by atoms with Gasteiger partial charge in [-0.1, -0.05) is 19.4 Å². The summed E-state index contributed by atoms with van der Waals surface area (Å²) in [6.07, 6.45) is 3.08. The highest BCUT2D eigenvalue weighted by molar-refractivity contribution is 5.80. The highest BCUT2D eigenvalue weighted by Crippen LogP contribution is 2.18. The maximum Gasteiger partial charge on any atom is 0.261 e. The van der Waals surface area contributed by atoms with Crippen LogP contribution in [-0.4, -0.2) is 30.7 Å². The van der Waals surface area contributed by atoms with Gasteiger partial charge in [0.15, 0.2) is 6.10 Å². The summed E-state index contributed by atoms with van der Waals surface area (Å²) in [6, 6.07) is 10.8. The van der Waals surface area contributed by atoms with Crippen molar-refractivity contribution in [3.63, 3.8) is 0 Å². The van der Waals surface area contributed by atoms with Gasteiger partial charge in [0, 0.05) is 18.3 Å². The van der Waals surface area contributed by atoms with Gasteiger partial charge in [-0.2, -0.15) is 0 Å². The van der Waals surface area contributed by atoms with Gasteiger partial charge in [-0.05, 0) is 43.7 Å². The van der Waals surface area contributed by atoms with Crippen LogP contribution in [0.15, 0.2) is 42.6 Å². The third kappa shape index (κ3) is 5.95. The van der Waals surface area contributed by atoms with Crippen LogP contribution in [-0.2, 0) is 11.3 Å². The minimum absolute atomic E-state index is 0.204. The second kappa shape index (κ2) is 10.3. The number of rotatable bonds is 10. The Labute approximate surface area is 154 Å². The van der Waals surface area contributed by atoms with Crippen LogP contribution < -0.4 is 19.5 Å². The van der Waals surface area contributed by atoms with Crippen LogP contribution in [0.2, 0.25) is 0 Å². The first kappa shape index (κ1) is 19.6. The predicted octanol–water partition coefficient (Wildman–Crippen LogP) is 3.35. The maximum atomic E-state index is 12.3. The van der Waals surface area contributed by atoms with Gasteiger partial charge < -0.3 is 19.5 Å². The van der Waals surface area contributed by atoms with Crippen LogP contribution in [0, 0.1) is 0 Å². The van der Waals surface area contributed by atoms with E-state index in [4.69, 9.17) is 14.2 Å². The van der Waals surface area contributed by atoms with Crippen molar-refractivity contribution in [1.29, 1.82) is 0 Å². The molecule has 1 atom stereocenters. The molecule has 0 aliphatic rings. The Morgan fingerprint density at radius 1 is 1.19 bits per heavy atom. The van der Waals surface area contributed by atoms with Crippen molar-refractivity contribution in [3.8, 4) is 17.4 Å². The molecule has 0 bridgehead atoms. The molecule has 2 aromatic rings. The Morgan fingerprint density at radius 3 is 2.62 bits per heavy atom. The lowest BCUT2D eigenvalue weighted by molar-refractivity contribution is -0.127.